The summed E-state index contributed by atoms with van der Waals surface area (Å²) in [5.41, 5.74) is 3.84. The number of hydrogen-bond acceptors (Lipinski definition) is 0. The van der Waals surface area contributed by atoms with E-state index in [0.717, 1.165) is 0 Å². The lowest BCUT2D eigenvalue weighted by Crippen LogP contribution is -2.24. The Bertz CT molecular complexity index is 1220. The number of hydrogen-bond donors (Lipinski definition) is 0. The van der Waals surface area contributed by atoms with E-state index in [1.54, 1.807) is 0 Å². The lowest BCUT2D eigenvalue weighted by molar-refractivity contribution is 1.11. The molecular weight excluding hydrogens is 369 g/mol. The molecular formula is C27H22NP. The van der Waals surface area contributed by atoms with E-state index in [2.05, 4.69) is 127 Å². The zero-order valence-electron chi connectivity index (χ0n) is 16.4. The van der Waals surface area contributed by atoms with Gasteiger partial charge in [0.05, 0.1) is 11.2 Å². The quantitative estimate of drug-likeness (QED) is 0.347. The first-order chi connectivity index (χ1) is 14.3. The normalized spacial score (nSPS) is 11.2. The van der Waals surface area contributed by atoms with Crippen LogP contribution in [-0.4, -0.2) is 4.57 Å². The summed E-state index contributed by atoms with van der Waals surface area (Å²) < 4.78 is 2.36. The molecule has 1 aromatic heterocycles. The summed E-state index contributed by atoms with van der Waals surface area (Å²) in [6.45, 7) is 2.22. The fourth-order valence-electron chi connectivity index (χ4n) is 4.00. The van der Waals surface area contributed by atoms with Crippen LogP contribution in [0.25, 0.3) is 16.6 Å². The number of aromatic nitrogens is 1. The summed E-state index contributed by atoms with van der Waals surface area (Å²) in [6.07, 6.45) is 2.21. The molecule has 0 saturated heterocycles. The van der Waals surface area contributed by atoms with Crippen LogP contribution < -0.4 is 15.9 Å². The van der Waals surface area contributed by atoms with Gasteiger partial charge in [0.1, 0.15) is 0 Å². The summed E-state index contributed by atoms with van der Waals surface area (Å²) in [5.74, 6) is 0. The Balaban J connectivity index is 1.80. The van der Waals surface area contributed by atoms with Crippen LogP contribution in [0.1, 0.15) is 5.56 Å². The van der Waals surface area contributed by atoms with Crippen LogP contribution in [0.2, 0.25) is 0 Å². The van der Waals surface area contributed by atoms with Gasteiger partial charge in [-0.1, -0.05) is 97.1 Å². The largest absolute Gasteiger partial charge is 0.316 e. The summed E-state index contributed by atoms with van der Waals surface area (Å²) in [7, 11) is -0.664. The van der Waals surface area contributed by atoms with E-state index in [4.69, 9.17) is 0 Å². The predicted octanol–water partition coefficient (Wildman–Crippen LogP) is 5.70. The second-order valence-corrected chi connectivity index (χ2v) is 9.38. The highest BCUT2D eigenvalue weighted by Crippen LogP contribution is 2.36. The van der Waals surface area contributed by atoms with Gasteiger partial charge >= 0.3 is 0 Å². The van der Waals surface area contributed by atoms with Crippen molar-refractivity contribution in [2.45, 2.75) is 6.92 Å². The van der Waals surface area contributed by atoms with Gasteiger partial charge in [0, 0.05) is 11.5 Å². The van der Waals surface area contributed by atoms with Gasteiger partial charge < -0.3 is 4.57 Å². The number of nitrogens with zero attached hydrogens (tertiary/aromatic N) is 1. The minimum Gasteiger partial charge on any atom is -0.316 e. The fourth-order valence-corrected chi connectivity index (χ4v) is 6.52. The smallest absolute Gasteiger partial charge is 0.0568 e. The minimum atomic E-state index is -0.664. The maximum Gasteiger partial charge on any atom is 0.0568 e. The molecule has 0 aliphatic heterocycles. The molecule has 0 aliphatic carbocycles. The molecule has 5 rings (SSSR count). The van der Waals surface area contributed by atoms with E-state index in [1.165, 1.54) is 38.1 Å². The van der Waals surface area contributed by atoms with Gasteiger partial charge in [-0.15, -0.1) is 0 Å². The molecule has 1 heterocycles. The topological polar surface area (TPSA) is 4.93 Å². The Hall–Kier alpha value is -3.15. The molecule has 0 fully saturated rings. The Morgan fingerprint density at radius 3 is 1.90 bits per heavy atom. The van der Waals surface area contributed by atoms with E-state index in [1.807, 2.05) is 0 Å². The first kappa shape index (κ1) is 17.9. The van der Waals surface area contributed by atoms with E-state index in [9.17, 15) is 0 Å². The summed E-state index contributed by atoms with van der Waals surface area (Å²) in [4.78, 5) is 0. The highest BCUT2D eigenvalue weighted by molar-refractivity contribution is 7.80. The van der Waals surface area contributed by atoms with E-state index < -0.39 is 7.92 Å². The molecule has 29 heavy (non-hydrogen) atoms. The van der Waals surface area contributed by atoms with Gasteiger partial charge in [-0.2, -0.15) is 0 Å². The number of fused-ring (bicyclic) bond motifs is 1. The van der Waals surface area contributed by atoms with Crippen LogP contribution >= 0.6 is 7.92 Å². The number of rotatable bonds is 4. The van der Waals surface area contributed by atoms with Gasteiger partial charge in [-0.05, 0) is 48.5 Å². The average molecular weight is 391 g/mol. The van der Waals surface area contributed by atoms with Crippen LogP contribution in [0.3, 0.4) is 0 Å². The highest BCUT2D eigenvalue weighted by atomic mass is 31.1. The molecule has 0 amide bonds. The third-order valence-corrected chi connectivity index (χ3v) is 7.80. The predicted molar refractivity (Wildman–Crippen MR) is 127 cm³/mol. The standard InChI is InChI=1S/C27H22NP/c1-21-11-10-18-26(27(21)28-20-19-22-12-8-9-17-25(22)28)29(23-13-4-2-5-14-23)24-15-6-3-7-16-24/h2-20H,1H3. The zero-order valence-corrected chi connectivity index (χ0v) is 17.3. The Kier molecular flexibility index (Phi) is 4.76. The second kappa shape index (κ2) is 7.70. The third kappa shape index (κ3) is 3.28. The Labute approximate surface area is 173 Å². The Morgan fingerprint density at radius 1 is 0.586 bits per heavy atom. The molecule has 0 N–H and O–H groups in total. The van der Waals surface area contributed by atoms with E-state index in [0.29, 0.717) is 0 Å². The summed E-state index contributed by atoms with van der Waals surface area (Å²) in [6, 6.07) is 39.4. The van der Waals surface area contributed by atoms with Crippen molar-refractivity contribution in [1.82, 2.24) is 4.57 Å². The molecule has 0 atom stereocenters. The van der Waals surface area contributed by atoms with E-state index >= 15 is 0 Å². The van der Waals surface area contributed by atoms with Gasteiger partial charge in [0.25, 0.3) is 0 Å². The molecule has 140 valence electrons. The van der Waals surface area contributed by atoms with Crippen LogP contribution in [-0.2, 0) is 0 Å². The minimum absolute atomic E-state index is 0.664. The maximum atomic E-state index is 2.36. The van der Waals surface area contributed by atoms with Crippen molar-refractivity contribution < 1.29 is 0 Å². The molecule has 0 bridgehead atoms. The van der Waals surface area contributed by atoms with Crippen LogP contribution in [0.5, 0.6) is 0 Å². The van der Waals surface area contributed by atoms with Crippen molar-refractivity contribution in [3.63, 3.8) is 0 Å². The van der Waals surface area contributed by atoms with Gasteiger partial charge in [-0.3, -0.25) is 0 Å². The number of para-hydroxylation sites is 2. The fraction of sp³-hybridized carbons (Fsp3) is 0.0370. The van der Waals surface area contributed by atoms with Crippen molar-refractivity contribution in [3.05, 3.63) is 121 Å². The lowest BCUT2D eigenvalue weighted by Gasteiger charge is -2.24. The molecule has 0 saturated carbocycles. The van der Waals surface area contributed by atoms with Crippen molar-refractivity contribution in [1.29, 1.82) is 0 Å². The van der Waals surface area contributed by atoms with Crippen molar-refractivity contribution in [2.24, 2.45) is 0 Å². The van der Waals surface area contributed by atoms with Crippen molar-refractivity contribution in [3.8, 4) is 5.69 Å². The van der Waals surface area contributed by atoms with Gasteiger partial charge in [-0.25, -0.2) is 0 Å². The number of benzene rings is 4. The van der Waals surface area contributed by atoms with Crippen LogP contribution in [0.15, 0.2) is 115 Å². The molecule has 5 aromatic rings. The SMILES string of the molecule is Cc1cccc(P(c2ccccc2)c2ccccc2)c1-n1ccc2ccccc21. The monoisotopic (exact) mass is 391 g/mol. The highest BCUT2D eigenvalue weighted by Gasteiger charge is 2.21. The number of aryl methyl sites for hydroxylation is 1. The molecule has 4 aromatic carbocycles. The summed E-state index contributed by atoms with van der Waals surface area (Å²) in [5, 5.41) is 5.40. The molecule has 2 heteroatoms. The third-order valence-electron chi connectivity index (χ3n) is 5.33. The molecule has 0 unspecified atom stereocenters. The second-order valence-electron chi connectivity index (χ2n) is 7.19. The van der Waals surface area contributed by atoms with Crippen molar-refractivity contribution in [2.75, 3.05) is 0 Å². The molecule has 1 nitrogen and oxygen atoms in total. The van der Waals surface area contributed by atoms with Crippen LogP contribution in [0.4, 0.5) is 0 Å². The first-order valence-corrected chi connectivity index (χ1v) is 11.2. The lowest BCUT2D eigenvalue weighted by atomic mass is 10.2. The first-order valence-electron chi connectivity index (χ1n) is 9.89. The molecule has 0 aliphatic rings. The van der Waals surface area contributed by atoms with Gasteiger partial charge in [0.15, 0.2) is 0 Å². The van der Waals surface area contributed by atoms with Crippen molar-refractivity contribution >= 4 is 34.7 Å². The summed E-state index contributed by atoms with van der Waals surface area (Å²) >= 11 is 0. The Morgan fingerprint density at radius 2 is 1.21 bits per heavy atom. The molecule has 0 spiro atoms. The average Bonchev–Trinajstić information content (AvgIpc) is 3.19. The van der Waals surface area contributed by atoms with E-state index in [-0.39, 0.29) is 0 Å². The van der Waals surface area contributed by atoms with Gasteiger partial charge in [0.2, 0.25) is 0 Å². The maximum absolute atomic E-state index is 2.36. The zero-order chi connectivity index (χ0) is 19.6. The van der Waals surface area contributed by atoms with Crippen LogP contribution in [0, 0.1) is 6.92 Å². The molecule has 0 radical (unpaired) electrons.